The quantitative estimate of drug-likeness (QED) is 0.484. The molecule has 106 valence electrons. The Hall–Kier alpha value is -1.41. The fourth-order valence-electron chi connectivity index (χ4n) is 1.23. The van der Waals surface area contributed by atoms with Crippen LogP contribution < -0.4 is 11.2 Å². The normalized spacial score (nSPS) is 13.3. The van der Waals surface area contributed by atoms with Crippen molar-refractivity contribution in [2.75, 3.05) is 6.61 Å². The summed E-state index contributed by atoms with van der Waals surface area (Å²) in [6.07, 6.45) is 1.46. The maximum Gasteiger partial charge on any atom is 0.202 e. The van der Waals surface area contributed by atoms with Crippen LogP contribution >= 0.6 is 0 Å². The van der Waals surface area contributed by atoms with Crippen molar-refractivity contribution in [3.63, 3.8) is 0 Å². The van der Waals surface area contributed by atoms with E-state index in [0.29, 0.717) is 5.82 Å². The molecule has 1 heterocycles. The Morgan fingerprint density at radius 2 is 2.26 bits per heavy atom. The zero-order valence-corrected chi connectivity index (χ0v) is 11.4. The number of aliphatic hydroxyl groups excluding tert-OH is 1. The molecule has 0 aliphatic heterocycles. The van der Waals surface area contributed by atoms with E-state index in [1.165, 1.54) is 12.3 Å². The minimum Gasteiger partial charge on any atom is -0.394 e. The van der Waals surface area contributed by atoms with E-state index < -0.39 is 18.2 Å². The Labute approximate surface area is 112 Å². The Kier molecular flexibility index (Phi) is 5.49. The molecule has 0 radical (unpaired) electrons. The van der Waals surface area contributed by atoms with Gasteiger partial charge >= 0.3 is 0 Å². The van der Waals surface area contributed by atoms with Gasteiger partial charge < -0.3 is 10.8 Å². The number of rotatable bonds is 6. The Morgan fingerprint density at radius 3 is 2.79 bits per heavy atom. The zero-order valence-electron chi connectivity index (χ0n) is 11.4. The number of hydrogen-bond acceptors (Lipinski definition) is 7. The number of Topliss-reactive ketones (excluding diaryl/α,β-unsaturated/α-hetero) is 1. The minimum atomic E-state index is -0.875. The van der Waals surface area contributed by atoms with E-state index in [0.717, 1.165) is 0 Å². The van der Waals surface area contributed by atoms with Gasteiger partial charge in [-0.1, -0.05) is 0 Å². The molecule has 0 saturated heterocycles. The highest BCUT2D eigenvalue weighted by Gasteiger charge is 2.23. The highest BCUT2D eigenvalue weighted by molar-refractivity contribution is 5.98. The molecule has 1 unspecified atom stereocenters. The predicted molar refractivity (Wildman–Crippen MR) is 69.1 cm³/mol. The summed E-state index contributed by atoms with van der Waals surface area (Å²) >= 11 is 0. The van der Waals surface area contributed by atoms with Gasteiger partial charge in [0.15, 0.2) is 0 Å². The second kappa shape index (κ2) is 6.67. The van der Waals surface area contributed by atoms with E-state index in [1.807, 2.05) is 20.8 Å². The van der Waals surface area contributed by atoms with Crippen LogP contribution in [0.1, 0.15) is 37.1 Å². The van der Waals surface area contributed by atoms with Crippen molar-refractivity contribution in [2.24, 2.45) is 5.73 Å². The molecule has 19 heavy (non-hydrogen) atoms. The Balaban J connectivity index is 2.77. The first-order valence-electron chi connectivity index (χ1n) is 5.98. The molecule has 0 aliphatic carbocycles. The lowest BCUT2D eigenvalue weighted by atomic mass is 10.1. The van der Waals surface area contributed by atoms with Crippen molar-refractivity contribution in [1.29, 1.82) is 0 Å². The third kappa shape index (κ3) is 4.99. The largest absolute Gasteiger partial charge is 0.394 e. The summed E-state index contributed by atoms with van der Waals surface area (Å²) in [4.78, 5) is 25.3. The molecule has 1 rings (SSSR count). The summed E-state index contributed by atoms with van der Waals surface area (Å²) in [5.41, 5.74) is 7.69. The summed E-state index contributed by atoms with van der Waals surface area (Å²) in [6, 6.07) is 0.600. The number of carbonyl (C=O) groups excluding carboxylic acids is 1. The molecule has 1 aromatic rings. The molecule has 1 atom stereocenters. The molecule has 0 aromatic carbocycles. The first-order chi connectivity index (χ1) is 8.87. The number of ketones is 1. The van der Waals surface area contributed by atoms with Crippen LogP contribution in [0.25, 0.3) is 0 Å². The van der Waals surface area contributed by atoms with E-state index in [1.54, 1.807) is 0 Å². The summed E-state index contributed by atoms with van der Waals surface area (Å²) in [7, 11) is 0. The average Bonchev–Trinajstić information content (AvgIpc) is 2.38. The van der Waals surface area contributed by atoms with E-state index in [2.05, 4.69) is 15.4 Å². The minimum absolute atomic E-state index is 0.150. The maximum absolute atomic E-state index is 12.1. The molecule has 0 saturated carbocycles. The third-order valence-electron chi connectivity index (χ3n) is 2.15. The molecule has 0 bridgehead atoms. The Bertz CT molecular complexity index is 431. The van der Waals surface area contributed by atoms with Gasteiger partial charge in [-0.05, 0) is 26.8 Å². The van der Waals surface area contributed by atoms with Gasteiger partial charge in [0, 0.05) is 6.20 Å². The van der Waals surface area contributed by atoms with E-state index in [4.69, 9.17) is 10.6 Å². The lowest BCUT2D eigenvalue weighted by Crippen LogP contribution is -2.44. The summed E-state index contributed by atoms with van der Waals surface area (Å²) in [6.45, 7) is 5.25. The SMILES string of the molecule is CC(C)(C)ONC(CO)C(=O)c1ccnc(CN)n1. The molecule has 7 heteroatoms. The van der Waals surface area contributed by atoms with Crippen molar-refractivity contribution in [2.45, 2.75) is 39.0 Å². The first-order valence-corrected chi connectivity index (χ1v) is 5.98. The summed E-state index contributed by atoms with van der Waals surface area (Å²) in [5.74, 6) is 0.00290. The number of aliphatic hydroxyl groups is 1. The van der Waals surface area contributed by atoms with Gasteiger partial charge in [-0.3, -0.25) is 9.63 Å². The molecule has 7 nitrogen and oxygen atoms in total. The van der Waals surface area contributed by atoms with Crippen LogP contribution in [-0.2, 0) is 11.4 Å². The van der Waals surface area contributed by atoms with Crippen LogP contribution in [0, 0.1) is 0 Å². The van der Waals surface area contributed by atoms with Crippen LogP contribution in [0.15, 0.2) is 12.3 Å². The van der Waals surface area contributed by atoms with Gasteiger partial charge in [-0.15, -0.1) is 0 Å². The molecule has 1 aromatic heterocycles. The molecule has 0 fully saturated rings. The van der Waals surface area contributed by atoms with Gasteiger partial charge in [0.25, 0.3) is 0 Å². The van der Waals surface area contributed by atoms with Gasteiger partial charge in [-0.2, -0.15) is 5.48 Å². The molecule has 0 spiro atoms. The Morgan fingerprint density at radius 1 is 1.58 bits per heavy atom. The predicted octanol–water partition coefficient (Wildman–Crippen LogP) is -0.201. The van der Waals surface area contributed by atoms with Crippen LogP contribution in [0.3, 0.4) is 0 Å². The fraction of sp³-hybridized carbons (Fsp3) is 0.583. The molecular weight excluding hydrogens is 248 g/mol. The van der Waals surface area contributed by atoms with Gasteiger partial charge in [-0.25, -0.2) is 9.97 Å². The first kappa shape index (κ1) is 15.6. The second-order valence-corrected chi connectivity index (χ2v) is 4.99. The van der Waals surface area contributed by atoms with Crippen LogP contribution in [0.4, 0.5) is 0 Å². The van der Waals surface area contributed by atoms with Crippen LogP contribution in [-0.4, -0.2) is 39.1 Å². The van der Waals surface area contributed by atoms with Gasteiger partial charge in [0.2, 0.25) is 5.78 Å². The number of hydroxylamine groups is 1. The van der Waals surface area contributed by atoms with Gasteiger partial charge in [0.1, 0.15) is 17.6 Å². The highest BCUT2D eigenvalue weighted by Crippen LogP contribution is 2.06. The molecule has 0 amide bonds. The van der Waals surface area contributed by atoms with E-state index in [-0.39, 0.29) is 18.0 Å². The van der Waals surface area contributed by atoms with E-state index >= 15 is 0 Å². The smallest absolute Gasteiger partial charge is 0.202 e. The van der Waals surface area contributed by atoms with Crippen molar-refractivity contribution in [3.05, 3.63) is 23.8 Å². The van der Waals surface area contributed by atoms with Crippen LogP contribution in [0.2, 0.25) is 0 Å². The number of nitrogens with zero attached hydrogens (tertiary/aromatic N) is 2. The maximum atomic E-state index is 12.1. The zero-order chi connectivity index (χ0) is 14.5. The number of nitrogens with two attached hydrogens (primary N) is 1. The molecular formula is C12H20N4O3. The number of hydrogen-bond donors (Lipinski definition) is 3. The summed E-state index contributed by atoms with van der Waals surface area (Å²) < 4.78 is 0. The highest BCUT2D eigenvalue weighted by atomic mass is 16.7. The third-order valence-corrected chi connectivity index (χ3v) is 2.15. The van der Waals surface area contributed by atoms with Crippen molar-refractivity contribution < 1.29 is 14.7 Å². The lowest BCUT2D eigenvalue weighted by Gasteiger charge is -2.23. The number of nitrogens with one attached hydrogen (secondary N) is 1. The van der Waals surface area contributed by atoms with Crippen molar-refractivity contribution in [1.82, 2.24) is 15.4 Å². The van der Waals surface area contributed by atoms with Crippen molar-refractivity contribution >= 4 is 5.78 Å². The monoisotopic (exact) mass is 268 g/mol. The number of aromatic nitrogens is 2. The van der Waals surface area contributed by atoms with Crippen LogP contribution in [0.5, 0.6) is 0 Å². The molecule has 4 N–H and O–H groups in total. The topological polar surface area (TPSA) is 110 Å². The summed E-state index contributed by atoms with van der Waals surface area (Å²) in [5, 5.41) is 9.25. The standard InChI is InChI=1S/C12H20N4O3/c1-12(2,3)19-16-9(7-17)11(18)8-4-5-14-10(6-13)15-8/h4-5,9,16-17H,6-7,13H2,1-3H3. The average molecular weight is 268 g/mol. The second-order valence-electron chi connectivity index (χ2n) is 4.99. The van der Waals surface area contributed by atoms with Crippen molar-refractivity contribution in [3.8, 4) is 0 Å². The fourth-order valence-corrected chi connectivity index (χ4v) is 1.23. The van der Waals surface area contributed by atoms with E-state index in [9.17, 15) is 9.90 Å². The molecule has 0 aliphatic rings. The lowest BCUT2D eigenvalue weighted by molar-refractivity contribution is -0.0881. The van der Waals surface area contributed by atoms with Gasteiger partial charge in [0.05, 0.1) is 18.8 Å². The number of carbonyl (C=O) groups is 1.